The number of hydrogen-bond acceptors (Lipinski definition) is 3. The molecule has 1 aromatic carbocycles. The van der Waals surface area contributed by atoms with Gasteiger partial charge in [0.05, 0.1) is 5.92 Å². The third-order valence-electron chi connectivity index (χ3n) is 4.44. The van der Waals surface area contributed by atoms with Crippen LogP contribution in [0.25, 0.3) is 0 Å². The van der Waals surface area contributed by atoms with Crippen molar-refractivity contribution in [3.05, 3.63) is 35.4 Å². The molecule has 0 spiro atoms. The normalized spacial score (nSPS) is 29.8. The number of hydrogen-bond donors (Lipinski definition) is 1. The predicted molar refractivity (Wildman–Crippen MR) is 73.5 cm³/mol. The average molecular weight is 259 g/mol. The molecule has 0 saturated heterocycles. The lowest BCUT2D eigenvalue weighted by Crippen LogP contribution is -2.33. The first-order chi connectivity index (χ1) is 9.25. The van der Waals surface area contributed by atoms with Crippen molar-refractivity contribution >= 4 is 5.97 Å². The Morgan fingerprint density at radius 3 is 2.79 bits per heavy atom. The molecule has 1 aromatic rings. The minimum absolute atomic E-state index is 0.00802. The zero-order chi connectivity index (χ0) is 13.2. The van der Waals surface area contributed by atoms with E-state index in [1.54, 1.807) is 0 Å². The first-order valence-corrected chi connectivity index (χ1v) is 7.29. The molecule has 0 radical (unpaired) electrons. The molecule has 0 bridgehead atoms. The van der Waals surface area contributed by atoms with Gasteiger partial charge in [-0.25, -0.2) is 0 Å². The third kappa shape index (κ3) is 2.52. The summed E-state index contributed by atoms with van der Waals surface area (Å²) in [4.78, 5) is 12.2. The van der Waals surface area contributed by atoms with Crippen molar-refractivity contribution in [1.29, 1.82) is 0 Å². The molecule has 0 amide bonds. The van der Waals surface area contributed by atoms with Crippen LogP contribution in [0.3, 0.4) is 0 Å². The van der Waals surface area contributed by atoms with Crippen molar-refractivity contribution in [2.75, 3.05) is 0 Å². The lowest BCUT2D eigenvalue weighted by Gasteiger charge is -2.27. The molecule has 0 aliphatic heterocycles. The highest BCUT2D eigenvalue weighted by Gasteiger charge is 2.34. The van der Waals surface area contributed by atoms with Gasteiger partial charge in [-0.05, 0) is 43.2 Å². The average Bonchev–Trinajstić information content (AvgIpc) is 2.85. The summed E-state index contributed by atoms with van der Waals surface area (Å²) in [5.74, 6) is -0.180. The summed E-state index contributed by atoms with van der Waals surface area (Å²) in [6.45, 7) is 0. The number of aryl methyl sites for hydroxylation is 1. The Hall–Kier alpha value is -1.35. The number of rotatable bonds is 2. The van der Waals surface area contributed by atoms with Gasteiger partial charge in [-0.3, -0.25) is 4.79 Å². The maximum atomic E-state index is 12.2. The summed E-state index contributed by atoms with van der Waals surface area (Å²) in [5, 5.41) is 0. The SMILES string of the molecule is NC1CCCC1C(=O)OC1CCCc2ccccc21. The molecule has 2 N–H and O–H groups in total. The number of ether oxygens (including phenoxy) is 1. The van der Waals surface area contributed by atoms with Crippen LogP contribution in [0.1, 0.15) is 49.3 Å². The smallest absolute Gasteiger partial charge is 0.311 e. The van der Waals surface area contributed by atoms with Crippen LogP contribution in [0, 0.1) is 5.92 Å². The minimum Gasteiger partial charge on any atom is -0.457 e. The van der Waals surface area contributed by atoms with Crippen LogP contribution in [-0.4, -0.2) is 12.0 Å². The standard InChI is InChI=1S/C16H21NO2/c17-14-9-4-8-13(14)16(18)19-15-10-3-6-11-5-1-2-7-12(11)15/h1-2,5,7,13-15H,3-4,6,8-10,17H2. The van der Waals surface area contributed by atoms with E-state index in [0.717, 1.165) is 38.5 Å². The van der Waals surface area contributed by atoms with Gasteiger partial charge in [-0.15, -0.1) is 0 Å². The van der Waals surface area contributed by atoms with E-state index in [1.807, 2.05) is 6.07 Å². The van der Waals surface area contributed by atoms with Gasteiger partial charge in [-0.1, -0.05) is 30.7 Å². The van der Waals surface area contributed by atoms with Gasteiger partial charge >= 0.3 is 5.97 Å². The molecule has 1 fully saturated rings. The number of fused-ring (bicyclic) bond motifs is 1. The summed E-state index contributed by atoms with van der Waals surface area (Å²) in [7, 11) is 0. The molecule has 0 heterocycles. The van der Waals surface area contributed by atoms with E-state index >= 15 is 0 Å². The Labute approximate surface area is 114 Å². The van der Waals surface area contributed by atoms with Gasteiger partial charge in [0.2, 0.25) is 0 Å². The largest absolute Gasteiger partial charge is 0.457 e. The molecule has 2 aliphatic rings. The Bertz CT molecular complexity index is 472. The number of nitrogens with two attached hydrogens (primary N) is 1. The van der Waals surface area contributed by atoms with Gasteiger partial charge in [-0.2, -0.15) is 0 Å². The summed E-state index contributed by atoms with van der Waals surface area (Å²) in [5.41, 5.74) is 8.49. The van der Waals surface area contributed by atoms with Crippen molar-refractivity contribution < 1.29 is 9.53 Å². The number of carbonyl (C=O) groups excluding carboxylic acids is 1. The quantitative estimate of drug-likeness (QED) is 0.831. The lowest BCUT2D eigenvalue weighted by molar-refractivity contribution is -0.155. The molecular formula is C16H21NO2. The second-order valence-electron chi connectivity index (χ2n) is 5.72. The van der Waals surface area contributed by atoms with Gasteiger partial charge < -0.3 is 10.5 Å². The highest BCUT2D eigenvalue weighted by atomic mass is 16.5. The van der Waals surface area contributed by atoms with E-state index < -0.39 is 0 Å². The van der Waals surface area contributed by atoms with Crippen molar-refractivity contribution in [1.82, 2.24) is 0 Å². The van der Waals surface area contributed by atoms with Crippen LogP contribution >= 0.6 is 0 Å². The Morgan fingerprint density at radius 1 is 1.16 bits per heavy atom. The Morgan fingerprint density at radius 2 is 2.00 bits per heavy atom. The molecular weight excluding hydrogens is 238 g/mol. The minimum atomic E-state index is -0.0910. The fourth-order valence-electron chi connectivity index (χ4n) is 3.34. The molecule has 3 nitrogen and oxygen atoms in total. The van der Waals surface area contributed by atoms with Crippen molar-refractivity contribution in [3.8, 4) is 0 Å². The van der Waals surface area contributed by atoms with Crippen LogP contribution < -0.4 is 5.73 Å². The van der Waals surface area contributed by atoms with Gasteiger partial charge in [0.15, 0.2) is 0 Å². The molecule has 2 aliphatic carbocycles. The summed E-state index contributed by atoms with van der Waals surface area (Å²) >= 11 is 0. The monoisotopic (exact) mass is 259 g/mol. The van der Waals surface area contributed by atoms with E-state index in [9.17, 15) is 4.79 Å². The van der Waals surface area contributed by atoms with Crippen LogP contribution in [0.15, 0.2) is 24.3 Å². The maximum Gasteiger partial charge on any atom is 0.311 e. The van der Waals surface area contributed by atoms with Crippen LogP contribution in [0.4, 0.5) is 0 Å². The van der Waals surface area contributed by atoms with E-state index in [4.69, 9.17) is 10.5 Å². The summed E-state index contributed by atoms with van der Waals surface area (Å²) < 4.78 is 5.75. The number of benzene rings is 1. The second-order valence-corrected chi connectivity index (χ2v) is 5.72. The van der Waals surface area contributed by atoms with E-state index in [0.29, 0.717) is 0 Å². The topological polar surface area (TPSA) is 52.3 Å². The Balaban J connectivity index is 1.72. The summed E-state index contributed by atoms with van der Waals surface area (Å²) in [6.07, 6.45) is 5.92. The number of esters is 1. The first-order valence-electron chi connectivity index (χ1n) is 7.29. The highest BCUT2D eigenvalue weighted by molar-refractivity contribution is 5.74. The van der Waals surface area contributed by atoms with Crippen molar-refractivity contribution in [3.63, 3.8) is 0 Å². The highest BCUT2D eigenvalue weighted by Crippen LogP contribution is 2.34. The molecule has 3 atom stereocenters. The lowest BCUT2D eigenvalue weighted by atomic mass is 9.89. The Kier molecular flexibility index (Phi) is 3.56. The zero-order valence-corrected chi connectivity index (χ0v) is 11.2. The van der Waals surface area contributed by atoms with Crippen LogP contribution in [0.5, 0.6) is 0 Å². The van der Waals surface area contributed by atoms with Gasteiger partial charge in [0.1, 0.15) is 6.10 Å². The summed E-state index contributed by atoms with van der Waals surface area (Å²) in [6, 6.07) is 8.28. The second kappa shape index (κ2) is 5.33. The maximum absolute atomic E-state index is 12.2. The van der Waals surface area contributed by atoms with E-state index in [2.05, 4.69) is 18.2 Å². The number of carbonyl (C=O) groups is 1. The molecule has 1 saturated carbocycles. The van der Waals surface area contributed by atoms with Crippen molar-refractivity contribution in [2.45, 2.75) is 50.7 Å². The fourth-order valence-corrected chi connectivity index (χ4v) is 3.34. The first kappa shape index (κ1) is 12.7. The molecule has 0 aromatic heterocycles. The van der Waals surface area contributed by atoms with Crippen molar-refractivity contribution in [2.24, 2.45) is 11.7 Å². The fraction of sp³-hybridized carbons (Fsp3) is 0.562. The van der Waals surface area contributed by atoms with Crippen LogP contribution in [-0.2, 0) is 16.0 Å². The zero-order valence-electron chi connectivity index (χ0n) is 11.2. The molecule has 102 valence electrons. The van der Waals surface area contributed by atoms with E-state index in [-0.39, 0.29) is 24.0 Å². The van der Waals surface area contributed by atoms with E-state index in [1.165, 1.54) is 11.1 Å². The molecule has 3 heteroatoms. The third-order valence-corrected chi connectivity index (χ3v) is 4.44. The molecule has 19 heavy (non-hydrogen) atoms. The molecule has 3 unspecified atom stereocenters. The van der Waals surface area contributed by atoms with Gasteiger partial charge in [0.25, 0.3) is 0 Å². The predicted octanol–water partition coefficient (Wildman–Crippen LogP) is 2.73. The molecule has 3 rings (SSSR count). The van der Waals surface area contributed by atoms with Crippen LogP contribution in [0.2, 0.25) is 0 Å². The van der Waals surface area contributed by atoms with Gasteiger partial charge in [0, 0.05) is 6.04 Å².